The first kappa shape index (κ1) is 70.7. The lowest BCUT2D eigenvalue weighted by molar-refractivity contribution is -0.120. The highest BCUT2D eigenvalue weighted by molar-refractivity contribution is 7.14. The Kier molecular flexibility index (Phi) is 16.2. The zero-order valence-electron chi connectivity index (χ0n) is 62.4. The van der Waals surface area contributed by atoms with Gasteiger partial charge in [0.05, 0.1) is 72.7 Å². The van der Waals surface area contributed by atoms with Crippen molar-refractivity contribution < 1.29 is 38.4 Å². The smallest absolute Gasteiger partial charge is 0.266 e. The molecule has 0 bridgehead atoms. The monoisotopic (exact) mass is 1580 g/mol. The summed E-state index contributed by atoms with van der Waals surface area (Å²) < 4.78 is 0. The Morgan fingerprint density at radius 1 is 0.193 bits per heavy atom. The molecule has 0 unspecified atom stereocenters. The van der Waals surface area contributed by atoms with Crippen LogP contribution in [0.4, 0.5) is 22.7 Å². The number of benzene rings is 4. The Morgan fingerprint density at radius 3 is 0.450 bits per heavy atom. The first-order valence-corrected chi connectivity index (χ1v) is 42.2. The molecule has 12 nitrogen and oxygen atoms in total. The van der Waals surface area contributed by atoms with Gasteiger partial charge in [-0.25, -0.2) is 19.6 Å². The van der Waals surface area contributed by atoms with Gasteiger partial charge >= 0.3 is 0 Å². The summed E-state index contributed by atoms with van der Waals surface area (Å²) in [7, 11) is 0. The van der Waals surface area contributed by atoms with Crippen LogP contribution in [0.15, 0.2) is 121 Å². The lowest BCUT2D eigenvalue weighted by Crippen LogP contribution is -2.34. The number of nitrogens with zero attached hydrogens (tertiary/aromatic N) is 4. The SMILES string of the molecule is Cc1cc(C2=C(c3cc(C)sc3C)C(=O)N(c3ccc4c(c3)C3(c5cc(N6C(=O)C(c7cc(C)sc7C)=C(c7cc(C)sc7C)C6=O)ccc5-4)c4cc(N5C(=O)C(c6cc(C)sc6C)=C(c6cc(C)sc6C)C5=O)ccc4-c4ccc(N5C(=O)C(c6cc(C)sc6C)=C(c6cc(C)sc6C)C5=O)cc43)C2=O)c(C)s1. The van der Waals surface area contributed by atoms with Crippen LogP contribution in [0.1, 0.15) is 145 Å². The summed E-state index contributed by atoms with van der Waals surface area (Å²) in [5.41, 5.74) is 11.8. The second-order valence-corrected chi connectivity index (χ2v) is 40.8. The minimum atomic E-state index is -1.67. The number of anilines is 4. The van der Waals surface area contributed by atoms with Crippen LogP contribution in [0.2, 0.25) is 0 Å². The van der Waals surface area contributed by atoms with Crippen LogP contribution >= 0.6 is 90.7 Å². The number of aryl methyl sites for hydroxylation is 16. The van der Waals surface area contributed by atoms with Gasteiger partial charge in [-0.3, -0.25) is 38.4 Å². The molecule has 0 fully saturated rings. The third kappa shape index (κ3) is 10.2. The minimum Gasteiger partial charge on any atom is -0.268 e. The molecule has 1 spiro atoms. The lowest BCUT2D eigenvalue weighted by atomic mass is 9.70. The van der Waals surface area contributed by atoms with Crippen LogP contribution < -0.4 is 19.6 Å². The molecule has 18 rings (SSSR count). The molecule has 8 amide bonds. The average molecular weight is 1580 g/mol. The third-order valence-corrected chi connectivity index (χ3v) is 29.8. The Bertz CT molecular complexity index is 5430. The molecule has 6 aliphatic rings. The molecule has 8 aromatic heterocycles. The molecule has 109 heavy (non-hydrogen) atoms. The van der Waals surface area contributed by atoms with Crippen molar-refractivity contribution in [2.75, 3.05) is 19.6 Å². The largest absolute Gasteiger partial charge is 0.268 e. The molecule has 4 aliphatic heterocycles. The first-order chi connectivity index (χ1) is 51.9. The van der Waals surface area contributed by atoms with Crippen molar-refractivity contribution in [1.82, 2.24) is 0 Å². The molecule has 4 aromatic carbocycles. The predicted molar refractivity (Wildman–Crippen MR) is 450 cm³/mol. The van der Waals surface area contributed by atoms with Crippen molar-refractivity contribution in [2.24, 2.45) is 0 Å². The third-order valence-electron chi connectivity index (χ3n) is 22.1. The fourth-order valence-corrected chi connectivity index (χ4v) is 25.3. The summed E-state index contributed by atoms with van der Waals surface area (Å²) in [5, 5.41) is 0. The number of rotatable bonds is 12. The van der Waals surface area contributed by atoms with E-state index in [1.807, 2.05) is 208 Å². The molecule has 0 radical (unpaired) electrons. The molecule has 540 valence electrons. The molecule has 0 N–H and O–H groups in total. The number of imide groups is 4. The maximum Gasteiger partial charge on any atom is 0.266 e. The number of fused-ring (bicyclic) bond motifs is 10. The second-order valence-electron chi connectivity index (χ2n) is 29.1. The summed E-state index contributed by atoms with van der Waals surface area (Å²) in [6, 6.07) is 38.1. The van der Waals surface area contributed by atoms with Gasteiger partial charge in [-0.2, -0.15) is 0 Å². The van der Waals surface area contributed by atoms with Gasteiger partial charge in [0, 0.05) is 123 Å². The highest BCUT2D eigenvalue weighted by Crippen LogP contribution is 2.66. The van der Waals surface area contributed by atoms with Crippen molar-refractivity contribution in [2.45, 2.75) is 116 Å². The molecule has 0 saturated heterocycles. The maximum absolute atomic E-state index is 16.1. The Labute approximate surface area is 662 Å². The summed E-state index contributed by atoms with van der Waals surface area (Å²) in [4.78, 5) is 149. The van der Waals surface area contributed by atoms with E-state index < -0.39 is 52.7 Å². The normalized spacial score (nSPS) is 16.1. The van der Waals surface area contributed by atoms with E-state index in [2.05, 4.69) is 0 Å². The van der Waals surface area contributed by atoms with Gasteiger partial charge in [0.2, 0.25) is 0 Å². The molecule has 2 aliphatic carbocycles. The maximum atomic E-state index is 16.1. The van der Waals surface area contributed by atoms with Gasteiger partial charge in [-0.1, -0.05) is 24.3 Å². The summed E-state index contributed by atoms with van der Waals surface area (Å²) in [6.45, 7) is 31.6. The summed E-state index contributed by atoms with van der Waals surface area (Å²) in [6.07, 6.45) is 0. The van der Waals surface area contributed by atoms with Crippen LogP contribution in [0.25, 0.3) is 66.8 Å². The number of amides is 8. The van der Waals surface area contributed by atoms with Crippen molar-refractivity contribution in [3.8, 4) is 22.3 Å². The quantitative estimate of drug-likeness (QED) is 0.110. The molecular weight excluding hydrogens is 1510 g/mol. The average Bonchev–Trinajstić information content (AvgIpc) is 1.50. The molecule has 12 heterocycles. The van der Waals surface area contributed by atoms with Crippen LogP contribution in [0, 0.1) is 111 Å². The Morgan fingerprint density at radius 2 is 0.330 bits per heavy atom. The van der Waals surface area contributed by atoms with Gasteiger partial charge in [0.15, 0.2) is 0 Å². The molecule has 12 aromatic rings. The van der Waals surface area contributed by atoms with E-state index in [0.29, 0.717) is 89.0 Å². The van der Waals surface area contributed by atoms with Crippen LogP contribution in [-0.4, -0.2) is 47.3 Å². The van der Waals surface area contributed by atoms with Gasteiger partial charge in [0.1, 0.15) is 0 Å². The zero-order chi connectivity index (χ0) is 76.6. The Balaban J connectivity index is 0.909. The number of thiophene rings is 8. The fourth-order valence-electron chi connectivity index (χ4n) is 17.8. The first-order valence-electron chi connectivity index (χ1n) is 35.7. The molecule has 0 atom stereocenters. The fraction of sp³-hybridized carbons (Fsp3) is 0.191. The van der Waals surface area contributed by atoms with Gasteiger partial charge in [0.25, 0.3) is 47.3 Å². The van der Waals surface area contributed by atoms with E-state index in [1.54, 1.807) is 115 Å². The zero-order valence-corrected chi connectivity index (χ0v) is 68.9. The summed E-state index contributed by atoms with van der Waals surface area (Å²) in [5.74, 6) is -4.11. The van der Waals surface area contributed by atoms with Crippen molar-refractivity contribution in [1.29, 1.82) is 0 Å². The molecule has 20 heteroatoms. The minimum absolute atomic E-state index is 0.244. The van der Waals surface area contributed by atoms with Crippen LogP contribution in [0.3, 0.4) is 0 Å². The highest BCUT2D eigenvalue weighted by atomic mass is 32.1. The van der Waals surface area contributed by atoms with Crippen LogP contribution in [-0.2, 0) is 43.8 Å². The van der Waals surface area contributed by atoms with Gasteiger partial charge < -0.3 is 0 Å². The van der Waals surface area contributed by atoms with E-state index in [0.717, 1.165) is 78.0 Å². The number of hydrogen-bond donors (Lipinski definition) is 0. The van der Waals surface area contributed by atoms with Crippen molar-refractivity contribution >= 4 is 205 Å². The van der Waals surface area contributed by atoms with Crippen molar-refractivity contribution in [3.63, 3.8) is 0 Å². The van der Waals surface area contributed by atoms with E-state index in [-0.39, 0.29) is 67.3 Å². The standard InChI is InChI=1S/C89H68N4O8S8/c1-37-25-61(45(9)102-37)73-74(62-26-38(2)103-46(62)10)82(95)90(81(73)94)53-17-21-57-58-22-18-54(91-83(96)75(63-27-39(3)104-47(63)11)76(84(91)97)64-28-40(4)105-48(64)12)34-70(58)89(69(57)33-53)71-35-55(92-85(98)77(65-29-41(5)106-49(65)13)78(86(92)99)66-30-42(6)107-50(66)14)19-23-59(71)60-24-20-56(36-72(60)89)93-87(100)79(67-31-43(7)108-51(67)15)80(88(93)101)68-32-44(8)109-52(68)16/h17-36H,1-16H3. The van der Waals surface area contributed by atoms with Gasteiger partial charge in [-0.05, 0) is 252 Å². The van der Waals surface area contributed by atoms with E-state index in [4.69, 9.17) is 0 Å². The van der Waals surface area contributed by atoms with Crippen molar-refractivity contribution in [3.05, 3.63) is 266 Å². The number of carbonyl (C=O) groups is 8. The van der Waals surface area contributed by atoms with E-state index >= 15 is 38.4 Å². The highest BCUT2D eigenvalue weighted by Gasteiger charge is 2.56. The molecule has 0 saturated carbocycles. The van der Waals surface area contributed by atoms with E-state index in [1.165, 1.54) is 19.6 Å². The predicted octanol–water partition coefficient (Wildman–Crippen LogP) is 21.4. The summed E-state index contributed by atoms with van der Waals surface area (Å²) >= 11 is 12.4. The number of carbonyl (C=O) groups excluding carboxylic acids is 8. The van der Waals surface area contributed by atoms with Crippen LogP contribution in [0.5, 0.6) is 0 Å². The Hall–Kier alpha value is -10.0. The lowest BCUT2D eigenvalue weighted by Gasteiger charge is -2.33. The second kappa shape index (κ2) is 25.0. The topological polar surface area (TPSA) is 150 Å². The van der Waals surface area contributed by atoms with Gasteiger partial charge in [-0.15, -0.1) is 90.7 Å². The molecular formula is C89H68N4O8S8. The van der Waals surface area contributed by atoms with E-state index in [9.17, 15) is 0 Å². The number of hydrogen-bond acceptors (Lipinski definition) is 16.